The molecule has 1 aliphatic rings. The lowest BCUT2D eigenvalue weighted by Crippen LogP contribution is -2.48. The van der Waals surface area contributed by atoms with Gasteiger partial charge in [-0.1, -0.05) is 24.3 Å². The molecule has 7 heteroatoms. The van der Waals surface area contributed by atoms with Gasteiger partial charge in [0.2, 0.25) is 0 Å². The number of piperidine rings is 1. The van der Waals surface area contributed by atoms with Crippen LogP contribution in [0, 0.1) is 5.92 Å². The van der Waals surface area contributed by atoms with Gasteiger partial charge < -0.3 is 19.9 Å². The Kier molecular flexibility index (Phi) is 10.7. The number of benzene rings is 1. The van der Waals surface area contributed by atoms with Crippen LogP contribution in [0.2, 0.25) is 0 Å². The zero-order valence-corrected chi connectivity index (χ0v) is 19.2. The van der Waals surface area contributed by atoms with Crippen LogP contribution in [0.5, 0.6) is 0 Å². The summed E-state index contributed by atoms with van der Waals surface area (Å²) < 4.78 is 5.19. The van der Waals surface area contributed by atoms with Crippen molar-refractivity contribution in [3.05, 3.63) is 35.4 Å². The lowest BCUT2D eigenvalue weighted by atomic mass is 9.98. The first-order chi connectivity index (χ1) is 12.5. The third-order valence-electron chi connectivity index (χ3n) is 4.59. The number of nitrogens with zero attached hydrogens (tertiary/aromatic N) is 3. The van der Waals surface area contributed by atoms with Gasteiger partial charge in [0.25, 0.3) is 0 Å². The molecule has 0 spiro atoms. The Labute approximate surface area is 180 Å². The number of hydrogen-bond donors (Lipinski definition) is 1. The number of hydrogen-bond acceptors (Lipinski definition) is 4. The van der Waals surface area contributed by atoms with Crippen LogP contribution < -0.4 is 5.32 Å². The highest BCUT2D eigenvalue weighted by Gasteiger charge is 2.28. The number of rotatable bonds is 6. The molecule has 0 aromatic heterocycles. The van der Waals surface area contributed by atoms with E-state index in [1.165, 1.54) is 11.1 Å². The van der Waals surface area contributed by atoms with Crippen LogP contribution in [-0.2, 0) is 22.6 Å². The fraction of sp³-hybridized carbons (Fsp3) is 0.600. The number of carbonyl (C=O) groups excluding carboxylic acids is 1. The standard InChI is InChI=1S/C20H32N4O2.HI/c1-5-26-19(25)18-11-8-12-24(15-18)20(21-2)22-13-16-9-6-7-10-17(16)14-23(3)4;/h6-7,9-10,18H,5,8,11-15H2,1-4H3,(H,21,22);1H. The van der Waals surface area contributed by atoms with E-state index < -0.39 is 0 Å². The first kappa shape index (κ1) is 23.7. The minimum Gasteiger partial charge on any atom is -0.466 e. The quantitative estimate of drug-likeness (QED) is 0.289. The third kappa shape index (κ3) is 7.29. The number of esters is 1. The predicted molar refractivity (Wildman–Crippen MR) is 120 cm³/mol. The summed E-state index contributed by atoms with van der Waals surface area (Å²) in [6.45, 7) is 5.49. The fourth-order valence-corrected chi connectivity index (χ4v) is 3.35. The van der Waals surface area contributed by atoms with Crippen LogP contribution in [0.15, 0.2) is 29.3 Å². The van der Waals surface area contributed by atoms with Crippen LogP contribution in [0.1, 0.15) is 30.9 Å². The van der Waals surface area contributed by atoms with Crippen molar-refractivity contribution < 1.29 is 9.53 Å². The normalized spacial score (nSPS) is 17.4. The molecule has 1 N–H and O–H groups in total. The molecule has 0 amide bonds. The van der Waals surface area contributed by atoms with Gasteiger partial charge in [-0.15, -0.1) is 24.0 Å². The molecule has 27 heavy (non-hydrogen) atoms. The van der Waals surface area contributed by atoms with Crippen molar-refractivity contribution in [1.82, 2.24) is 15.1 Å². The Morgan fingerprint density at radius 1 is 1.33 bits per heavy atom. The summed E-state index contributed by atoms with van der Waals surface area (Å²) in [6.07, 6.45) is 1.86. The average molecular weight is 488 g/mol. The van der Waals surface area contributed by atoms with Crippen molar-refractivity contribution in [2.45, 2.75) is 32.9 Å². The molecule has 1 unspecified atom stereocenters. The molecular formula is C20H33IN4O2. The van der Waals surface area contributed by atoms with Gasteiger partial charge in [-0.3, -0.25) is 9.79 Å². The molecule has 1 aromatic rings. The molecule has 0 saturated carbocycles. The van der Waals surface area contributed by atoms with E-state index in [4.69, 9.17) is 4.74 Å². The second-order valence-electron chi connectivity index (χ2n) is 6.94. The lowest BCUT2D eigenvalue weighted by Gasteiger charge is -2.34. The number of ether oxygens (including phenoxy) is 1. The van der Waals surface area contributed by atoms with Crippen LogP contribution in [0.25, 0.3) is 0 Å². The fourth-order valence-electron chi connectivity index (χ4n) is 3.35. The molecule has 1 aromatic carbocycles. The van der Waals surface area contributed by atoms with Gasteiger partial charge in [0.1, 0.15) is 0 Å². The maximum atomic E-state index is 12.1. The Morgan fingerprint density at radius 2 is 2.04 bits per heavy atom. The van der Waals surface area contributed by atoms with Crippen LogP contribution in [0.4, 0.5) is 0 Å². The summed E-state index contributed by atoms with van der Waals surface area (Å²) >= 11 is 0. The molecule has 1 heterocycles. The first-order valence-corrected chi connectivity index (χ1v) is 9.38. The molecule has 152 valence electrons. The summed E-state index contributed by atoms with van der Waals surface area (Å²) in [4.78, 5) is 20.8. The van der Waals surface area contributed by atoms with Crippen LogP contribution >= 0.6 is 24.0 Å². The highest BCUT2D eigenvalue weighted by Crippen LogP contribution is 2.18. The molecule has 1 atom stereocenters. The summed E-state index contributed by atoms with van der Waals surface area (Å²) in [7, 11) is 5.95. The smallest absolute Gasteiger partial charge is 0.310 e. The minimum atomic E-state index is -0.0935. The second kappa shape index (κ2) is 12.2. The van der Waals surface area contributed by atoms with Crippen LogP contribution in [-0.4, -0.2) is 62.6 Å². The van der Waals surface area contributed by atoms with Gasteiger partial charge in [0.15, 0.2) is 5.96 Å². The van der Waals surface area contributed by atoms with E-state index >= 15 is 0 Å². The molecular weight excluding hydrogens is 455 g/mol. The topological polar surface area (TPSA) is 57.2 Å². The van der Waals surface area contributed by atoms with Crippen LogP contribution in [0.3, 0.4) is 0 Å². The van der Waals surface area contributed by atoms with Gasteiger partial charge in [0, 0.05) is 33.2 Å². The van der Waals surface area contributed by atoms with Crippen molar-refractivity contribution in [3.63, 3.8) is 0 Å². The van der Waals surface area contributed by atoms with Crippen molar-refractivity contribution >= 4 is 35.9 Å². The Morgan fingerprint density at radius 3 is 2.67 bits per heavy atom. The van der Waals surface area contributed by atoms with Crippen molar-refractivity contribution in [1.29, 1.82) is 0 Å². The van der Waals surface area contributed by atoms with E-state index in [2.05, 4.69) is 58.5 Å². The van der Waals surface area contributed by atoms with Gasteiger partial charge >= 0.3 is 5.97 Å². The summed E-state index contributed by atoms with van der Waals surface area (Å²) in [6, 6.07) is 8.45. The van der Waals surface area contributed by atoms with Crippen molar-refractivity contribution in [2.24, 2.45) is 10.9 Å². The molecule has 0 bridgehead atoms. The maximum absolute atomic E-state index is 12.1. The largest absolute Gasteiger partial charge is 0.466 e. The Hall–Kier alpha value is -1.35. The molecule has 1 fully saturated rings. The predicted octanol–water partition coefficient (Wildman–Crippen LogP) is 2.72. The Balaban J connectivity index is 0.00000364. The number of nitrogens with one attached hydrogen (secondary N) is 1. The number of aliphatic imine (C=N–C) groups is 1. The van der Waals surface area contributed by atoms with Crippen molar-refractivity contribution in [2.75, 3.05) is 40.8 Å². The molecule has 6 nitrogen and oxygen atoms in total. The molecule has 0 aliphatic carbocycles. The number of likely N-dealkylation sites (tertiary alicyclic amines) is 1. The highest BCUT2D eigenvalue weighted by molar-refractivity contribution is 14.0. The SMILES string of the molecule is CCOC(=O)C1CCCN(C(=NC)NCc2ccccc2CN(C)C)C1.I. The minimum absolute atomic E-state index is 0. The number of carbonyl (C=O) groups is 1. The first-order valence-electron chi connectivity index (χ1n) is 9.38. The van der Waals surface area contributed by atoms with E-state index in [0.29, 0.717) is 13.2 Å². The summed E-state index contributed by atoms with van der Waals surface area (Å²) in [5.41, 5.74) is 2.57. The van der Waals surface area contributed by atoms with Gasteiger partial charge in [-0.25, -0.2) is 0 Å². The van der Waals surface area contributed by atoms with Gasteiger partial charge in [-0.2, -0.15) is 0 Å². The average Bonchev–Trinajstić information content (AvgIpc) is 2.63. The van der Waals surface area contributed by atoms with Crippen molar-refractivity contribution in [3.8, 4) is 0 Å². The maximum Gasteiger partial charge on any atom is 0.310 e. The summed E-state index contributed by atoms with van der Waals surface area (Å²) in [5, 5.41) is 3.47. The molecule has 0 radical (unpaired) electrons. The monoisotopic (exact) mass is 488 g/mol. The second-order valence-corrected chi connectivity index (χ2v) is 6.94. The summed E-state index contributed by atoms with van der Waals surface area (Å²) in [5.74, 6) is 0.686. The van der Waals surface area contributed by atoms with E-state index in [1.807, 2.05) is 6.92 Å². The zero-order valence-electron chi connectivity index (χ0n) is 16.9. The zero-order chi connectivity index (χ0) is 18.9. The molecule has 1 aliphatic heterocycles. The number of guanidine groups is 1. The number of halogens is 1. The van der Waals surface area contributed by atoms with Gasteiger partial charge in [-0.05, 0) is 45.0 Å². The van der Waals surface area contributed by atoms with E-state index in [1.54, 1.807) is 7.05 Å². The molecule has 1 saturated heterocycles. The van der Waals surface area contributed by atoms with E-state index in [9.17, 15) is 4.79 Å². The molecule has 2 rings (SSSR count). The van der Waals surface area contributed by atoms with E-state index in [0.717, 1.165) is 38.4 Å². The highest BCUT2D eigenvalue weighted by atomic mass is 127. The Bertz CT molecular complexity index is 622. The van der Waals surface area contributed by atoms with Gasteiger partial charge in [0.05, 0.1) is 12.5 Å². The third-order valence-corrected chi connectivity index (χ3v) is 4.59. The van der Waals surface area contributed by atoms with E-state index in [-0.39, 0.29) is 35.9 Å². The lowest BCUT2D eigenvalue weighted by molar-refractivity contribution is -0.149.